The highest BCUT2D eigenvalue weighted by Gasteiger charge is 2.25. The Balaban J connectivity index is 1.66. The Morgan fingerprint density at radius 1 is 1.35 bits per heavy atom. The van der Waals surface area contributed by atoms with Crippen molar-refractivity contribution >= 4 is 15.9 Å². The van der Waals surface area contributed by atoms with Crippen LogP contribution < -0.4 is 5.69 Å². The molecule has 2 heterocycles. The molecule has 1 saturated heterocycles. The summed E-state index contributed by atoms with van der Waals surface area (Å²) in [5.74, 6) is 0.720. The molecule has 0 amide bonds. The second-order valence-electron chi connectivity index (χ2n) is 5.22. The van der Waals surface area contributed by atoms with Gasteiger partial charge in [-0.1, -0.05) is 28.1 Å². The molecule has 0 saturated carbocycles. The number of hydrogen-bond acceptors (Lipinski definition) is 3. The van der Waals surface area contributed by atoms with E-state index in [2.05, 4.69) is 60.3 Å². The summed E-state index contributed by atoms with van der Waals surface area (Å²) < 4.78 is 1.11. The number of nitrogens with one attached hydrogen (secondary N) is 2. The molecule has 1 fully saturated rings. The molecule has 2 N–H and O–H groups in total. The highest BCUT2D eigenvalue weighted by Crippen LogP contribution is 2.23. The van der Waals surface area contributed by atoms with Crippen LogP contribution in [0.5, 0.6) is 0 Å². The molecule has 1 atom stereocenters. The van der Waals surface area contributed by atoms with Crippen LogP contribution in [0.25, 0.3) is 0 Å². The number of nitrogens with zero attached hydrogens (tertiary/aromatic N) is 2. The lowest BCUT2D eigenvalue weighted by atomic mass is 10.0. The number of benzene rings is 1. The smallest absolute Gasteiger partial charge is 0.293 e. The van der Waals surface area contributed by atoms with E-state index in [1.807, 2.05) is 0 Å². The third-order valence-electron chi connectivity index (χ3n) is 3.79. The van der Waals surface area contributed by atoms with Gasteiger partial charge in [-0.15, -0.1) is 0 Å². The van der Waals surface area contributed by atoms with Gasteiger partial charge in [-0.3, -0.25) is 9.88 Å². The van der Waals surface area contributed by atoms with Crippen molar-refractivity contribution in [2.75, 3.05) is 6.54 Å². The van der Waals surface area contributed by atoms with Gasteiger partial charge in [-0.25, -0.2) is 9.89 Å². The van der Waals surface area contributed by atoms with Gasteiger partial charge in [-0.05, 0) is 43.5 Å². The zero-order valence-electron chi connectivity index (χ0n) is 11.1. The first-order valence-electron chi connectivity index (χ1n) is 6.83. The second kappa shape index (κ2) is 5.93. The molecule has 0 spiro atoms. The fourth-order valence-corrected chi connectivity index (χ4v) is 3.06. The molecule has 1 aliphatic rings. The van der Waals surface area contributed by atoms with Crippen LogP contribution in [0.2, 0.25) is 0 Å². The summed E-state index contributed by atoms with van der Waals surface area (Å²) in [6.07, 6.45) is 3.45. The average molecular weight is 337 g/mol. The number of rotatable bonds is 4. The van der Waals surface area contributed by atoms with Crippen molar-refractivity contribution in [1.29, 1.82) is 0 Å². The Labute approximate surface area is 125 Å². The first-order valence-corrected chi connectivity index (χ1v) is 7.62. The average Bonchev–Trinajstić information content (AvgIpc) is 3.03. The van der Waals surface area contributed by atoms with Crippen LogP contribution in [0.3, 0.4) is 0 Å². The molecule has 0 radical (unpaired) electrons. The minimum absolute atomic E-state index is 0.233. The number of halogens is 1. The Hall–Kier alpha value is -1.40. The van der Waals surface area contributed by atoms with Gasteiger partial charge in [0.1, 0.15) is 5.82 Å². The molecule has 106 valence electrons. The lowest BCUT2D eigenvalue weighted by Crippen LogP contribution is -2.31. The van der Waals surface area contributed by atoms with E-state index in [1.54, 1.807) is 0 Å². The topological polar surface area (TPSA) is 64.8 Å². The number of aromatic nitrogens is 3. The predicted octanol–water partition coefficient (Wildman–Crippen LogP) is 2.07. The fourth-order valence-electron chi connectivity index (χ4n) is 2.80. The van der Waals surface area contributed by atoms with Crippen LogP contribution in [-0.4, -0.2) is 32.7 Å². The molecular weight excluding hydrogens is 320 g/mol. The van der Waals surface area contributed by atoms with E-state index in [0.717, 1.165) is 23.3 Å². The molecular formula is C14H17BrN4O. The summed E-state index contributed by atoms with van der Waals surface area (Å²) in [5, 5.41) is 6.41. The largest absolute Gasteiger partial charge is 0.340 e. The molecule has 6 heteroatoms. The molecule has 0 aliphatic carbocycles. The standard InChI is InChI=1S/C14H17BrN4O/c15-11-5-3-10(4-6-11)8-12-2-1-7-19(12)9-13-16-14(20)18-17-13/h3-6,12H,1-2,7-9H2,(H2,16,17,18,20). The highest BCUT2D eigenvalue weighted by molar-refractivity contribution is 9.10. The summed E-state index contributed by atoms with van der Waals surface area (Å²) in [5.41, 5.74) is 1.12. The zero-order valence-corrected chi connectivity index (χ0v) is 12.7. The van der Waals surface area contributed by atoms with Crippen LogP contribution in [0, 0.1) is 0 Å². The second-order valence-corrected chi connectivity index (χ2v) is 6.14. The molecule has 2 aromatic rings. The van der Waals surface area contributed by atoms with Gasteiger partial charge in [-0.2, -0.15) is 5.10 Å². The summed E-state index contributed by atoms with van der Waals surface area (Å²) in [4.78, 5) is 16.2. The van der Waals surface area contributed by atoms with E-state index < -0.39 is 0 Å². The molecule has 0 bridgehead atoms. The van der Waals surface area contributed by atoms with Gasteiger partial charge in [0.05, 0.1) is 6.54 Å². The summed E-state index contributed by atoms with van der Waals surface area (Å²) in [7, 11) is 0. The van der Waals surface area contributed by atoms with Gasteiger partial charge < -0.3 is 0 Å². The highest BCUT2D eigenvalue weighted by atomic mass is 79.9. The van der Waals surface area contributed by atoms with Crippen LogP contribution in [0.1, 0.15) is 24.2 Å². The van der Waals surface area contributed by atoms with Crippen molar-refractivity contribution in [3.8, 4) is 0 Å². The van der Waals surface area contributed by atoms with Crippen molar-refractivity contribution in [2.24, 2.45) is 0 Å². The Morgan fingerprint density at radius 2 is 2.15 bits per heavy atom. The number of aromatic amines is 2. The third kappa shape index (κ3) is 3.19. The van der Waals surface area contributed by atoms with E-state index in [9.17, 15) is 4.79 Å². The first kappa shape index (κ1) is 13.6. The molecule has 5 nitrogen and oxygen atoms in total. The number of hydrogen-bond donors (Lipinski definition) is 2. The van der Waals surface area contributed by atoms with Gasteiger partial charge in [0.2, 0.25) is 0 Å². The minimum atomic E-state index is -0.233. The fraction of sp³-hybridized carbons (Fsp3) is 0.429. The number of H-pyrrole nitrogens is 2. The normalized spacial score (nSPS) is 19.6. The summed E-state index contributed by atoms with van der Waals surface area (Å²) in [6.45, 7) is 1.77. The van der Waals surface area contributed by atoms with Gasteiger partial charge in [0, 0.05) is 10.5 Å². The Bertz CT molecular complexity index is 619. The van der Waals surface area contributed by atoms with Crippen molar-refractivity contribution in [3.63, 3.8) is 0 Å². The van der Waals surface area contributed by atoms with Crippen molar-refractivity contribution in [2.45, 2.75) is 31.8 Å². The monoisotopic (exact) mass is 336 g/mol. The van der Waals surface area contributed by atoms with Crippen molar-refractivity contribution < 1.29 is 0 Å². The zero-order chi connectivity index (χ0) is 13.9. The van der Waals surface area contributed by atoms with Crippen LogP contribution in [0.4, 0.5) is 0 Å². The lowest BCUT2D eigenvalue weighted by Gasteiger charge is -2.23. The maximum absolute atomic E-state index is 11.1. The molecule has 1 aromatic carbocycles. The van der Waals surface area contributed by atoms with E-state index in [1.165, 1.54) is 18.4 Å². The molecule has 20 heavy (non-hydrogen) atoms. The van der Waals surface area contributed by atoms with Gasteiger partial charge in [0.15, 0.2) is 0 Å². The number of likely N-dealkylation sites (tertiary alicyclic amines) is 1. The van der Waals surface area contributed by atoms with E-state index in [4.69, 9.17) is 0 Å². The predicted molar refractivity (Wildman–Crippen MR) is 80.5 cm³/mol. The molecule has 3 rings (SSSR count). The van der Waals surface area contributed by atoms with E-state index >= 15 is 0 Å². The van der Waals surface area contributed by atoms with Gasteiger partial charge in [0.25, 0.3) is 0 Å². The Morgan fingerprint density at radius 3 is 2.85 bits per heavy atom. The van der Waals surface area contributed by atoms with Crippen molar-refractivity contribution in [3.05, 3.63) is 50.6 Å². The maximum Gasteiger partial charge on any atom is 0.340 e. The van der Waals surface area contributed by atoms with E-state index in [-0.39, 0.29) is 5.69 Å². The Kier molecular flexibility index (Phi) is 4.03. The van der Waals surface area contributed by atoms with Crippen LogP contribution in [-0.2, 0) is 13.0 Å². The lowest BCUT2D eigenvalue weighted by molar-refractivity contribution is 0.238. The van der Waals surface area contributed by atoms with E-state index in [0.29, 0.717) is 12.6 Å². The van der Waals surface area contributed by atoms with Crippen LogP contribution >= 0.6 is 15.9 Å². The first-order chi connectivity index (χ1) is 9.70. The quantitative estimate of drug-likeness (QED) is 0.898. The minimum Gasteiger partial charge on any atom is -0.293 e. The summed E-state index contributed by atoms with van der Waals surface area (Å²) >= 11 is 3.46. The van der Waals surface area contributed by atoms with Crippen LogP contribution in [0.15, 0.2) is 33.5 Å². The molecule has 1 aromatic heterocycles. The SMILES string of the molecule is O=c1[nH]nc(CN2CCCC2Cc2ccc(Br)cc2)[nH]1. The summed E-state index contributed by atoms with van der Waals surface area (Å²) in [6, 6.07) is 9.02. The third-order valence-corrected chi connectivity index (χ3v) is 4.32. The molecule has 1 unspecified atom stereocenters. The molecule has 1 aliphatic heterocycles. The van der Waals surface area contributed by atoms with Crippen molar-refractivity contribution in [1.82, 2.24) is 20.1 Å². The maximum atomic E-state index is 11.1. The van der Waals surface area contributed by atoms with Gasteiger partial charge >= 0.3 is 5.69 Å².